The maximum Gasteiger partial charge on any atom is 0.229 e. The van der Waals surface area contributed by atoms with Gasteiger partial charge in [0.2, 0.25) is 10.0 Å². The third kappa shape index (κ3) is 8.11. The second-order valence-electron chi connectivity index (χ2n) is 8.94. The second kappa shape index (κ2) is 12.7. The lowest BCUT2D eigenvalue weighted by Gasteiger charge is -2.21. The van der Waals surface area contributed by atoms with Gasteiger partial charge in [-0.05, 0) is 74.8 Å². The summed E-state index contributed by atoms with van der Waals surface area (Å²) in [6, 6.07) is 12.3. The molecule has 2 N–H and O–H groups in total. The van der Waals surface area contributed by atoms with Gasteiger partial charge in [0.15, 0.2) is 5.78 Å². The summed E-state index contributed by atoms with van der Waals surface area (Å²) in [5.74, 6) is 0.607. The van der Waals surface area contributed by atoms with Crippen molar-refractivity contribution in [1.29, 1.82) is 0 Å². The van der Waals surface area contributed by atoms with E-state index in [4.69, 9.17) is 4.74 Å². The Morgan fingerprint density at radius 1 is 0.971 bits per heavy atom. The SMILES string of the molecule is CCCCN(CCCC)CCCOc1ccc(C(=O)c2c[nH]c3ccc(NS(C)(=O)=O)cc23)cc1. The van der Waals surface area contributed by atoms with Crippen molar-refractivity contribution in [2.75, 3.05) is 37.2 Å². The first kappa shape index (κ1) is 26.8. The lowest BCUT2D eigenvalue weighted by atomic mass is 10.0. The number of nitrogens with zero attached hydrogens (tertiary/aromatic N) is 1. The number of aromatic nitrogens is 1. The van der Waals surface area contributed by atoms with Crippen LogP contribution in [0, 0.1) is 0 Å². The predicted octanol–water partition coefficient (Wildman–Crippen LogP) is 5.44. The van der Waals surface area contributed by atoms with Crippen LogP contribution in [-0.2, 0) is 10.0 Å². The molecule has 0 saturated heterocycles. The number of anilines is 1. The van der Waals surface area contributed by atoms with Crippen LogP contribution >= 0.6 is 0 Å². The van der Waals surface area contributed by atoms with E-state index in [2.05, 4.69) is 28.5 Å². The highest BCUT2D eigenvalue weighted by Crippen LogP contribution is 2.25. The molecule has 1 heterocycles. The molecule has 0 fully saturated rings. The number of sulfonamides is 1. The molecule has 0 unspecified atom stereocenters. The number of fused-ring (bicyclic) bond motifs is 1. The van der Waals surface area contributed by atoms with E-state index >= 15 is 0 Å². The molecule has 35 heavy (non-hydrogen) atoms. The van der Waals surface area contributed by atoms with Gasteiger partial charge in [0.05, 0.1) is 12.9 Å². The van der Waals surface area contributed by atoms with Gasteiger partial charge >= 0.3 is 0 Å². The van der Waals surface area contributed by atoms with E-state index in [1.54, 1.807) is 36.5 Å². The largest absolute Gasteiger partial charge is 0.494 e. The zero-order chi connectivity index (χ0) is 25.3. The summed E-state index contributed by atoms with van der Waals surface area (Å²) in [6.07, 6.45) is 8.59. The van der Waals surface area contributed by atoms with Crippen LogP contribution in [0.2, 0.25) is 0 Å². The Bertz CT molecular complexity index is 1190. The van der Waals surface area contributed by atoms with E-state index in [-0.39, 0.29) is 5.78 Å². The minimum Gasteiger partial charge on any atom is -0.494 e. The van der Waals surface area contributed by atoms with Gasteiger partial charge in [0.25, 0.3) is 0 Å². The molecule has 2 aromatic carbocycles. The highest BCUT2D eigenvalue weighted by atomic mass is 32.2. The van der Waals surface area contributed by atoms with Crippen molar-refractivity contribution < 1.29 is 17.9 Å². The van der Waals surface area contributed by atoms with Crippen LogP contribution in [0.4, 0.5) is 5.69 Å². The van der Waals surface area contributed by atoms with Crippen molar-refractivity contribution in [1.82, 2.24) is 9.88 Å². The van der Waals surface area contributed by atoms with Crippen LogP contribution in [0.25, 0.3) is 10.9 Å². The molecule has 0 saturated carbocycles. The van der Waals surface area contributed by atoms with Gasteiger partial charge in [-0.25, -0.2) is 8.42 Å². The molecule has 1 aromatic heterocycles. The molecule has 3 rings (SSSR count). The molecule has 8 heteroatoms. The first-order valence-corrected chi connectivity index (χ1v) is 14.3. The quantitative estimate of drug-likeness (QED) is 0.215. The summed E-state index contributed by atoms with van der Waals surface area (Å²) in [4.78, 5) is 18.7. The maximum absolute atomic E-state index is 13.1. The number of nitrogens with one attached hydrogen (secondary N) is 2. The Labute approximate surface area is 208 Å². The molecule has 3 aromatic rings. The van der Waals surface area contributed by atoms with E-state index < -0.39 is 10.0 Å². The van der Waals surface area contributed by atoms with Crippen LogP contribution in [0.1, 0.15) is 61.9 Å². The number of hydrogen-bond donors (Lipinski definition) is 2. The van der Waals surface area contributed by atoms with E-state index in [9.17, 15) is 13.2 Å². The van der Waals surface area contributed by atoms with Gasteiger partial charge < -0.3 is 14.6 Å². The third-order valence-corrected chi connectivity index (χ3v) is 6.50. The van der Waals surface area contributed by atoms with Crippen LogP contribution in [-0.4, -0.2) is 56.6 Å². The lowest BCUT2D eigenvalue weighted by Crippen LogP contribution is -2.28. The van der Waals surface area contributed by atoms with Crippen molar-refractivity contribution >= 4 is 32.4 Å². The van der Waals surface area contributed by atoms with Crippen LogP contribution in [0.15, 0.2) is 48.7 Å². The van der Waals surface area contributed by atoms with Gasteiger partial charge in [-0.2, -0.15) is 0 Å². The monoisotopic (exact) mass is 499 g/mol. The zero-order valence-electron chi connectivity index (χ0n) is 21.0. The summed E-state index contributed by atoms with van der Waals surface area (Å²) in [5, 5.41) is 0.666. The maximum atomic E-state index is 13.1. The van der Waals surface area contributed by atoms with E-state index in [0.717, 1.165) is 43.6 Å². The molecule has 0 amide bonds. The summed E-state index contributed by atoms with van der Waals surface area (Å²) in [5.41, 5.74) is 2.22. The normalized spacial score (nSPS) is 11.8. The summed E-state index contributed by atoms with van der Waals surface area (Å²) < 4.78 is 31.5. The first-order chi connectivity index (χ1) is 16.8. The molecule has 0 spiro atoms. The Kier molecular flexibility index (Phi) is 9.74. The highest BCUT2D eigenvalue weighted by Gasteiger charge is 2.15. The topological polar surface area (TPSA) is 91.5 Å². The van der Waals surface area contributed by atoms with Crippen molar-refractivity contribution in [3.63, 3.8) is 0 Å². The molecular weight excluding hydrogens is 462 g/mol. The molecule has 0 aliphatic carbocycles. The fourth-order valence-electron chi connectivity index (χ4n) is 4.02. The minimum absolute atomic E-state index is 0.137. The average molecular weight is 500 g/mol. The number of carbonyl (C=O) groups is 1. The van der Waals surface area contributed by atoms with Gasteiger partial charge in [0.1, 0.15) is 5.75 Å². The highest BCUT2D eigenvalue weighted by molar-refractivity contribution is 7.92. The number of rotatable bonds is 15. The molecule has 0 bridgehead atoms. The number of benzene rings is 2. The van der Waals surface area contributed by atoms with Gasteiger partial charge in [-0.3, -0.25) is 9.52 Å². The van der Waals surface area contributed by atoms with E-state index in [1.165, 1.54) is 25.7 Å². The van der Waals surface area contributed by atoms with Crippen LogP contribution in [0.5, 0.6) is 5.75 Å². The molecule has 0 radical (unpaired) electrons. The zero-order valence-corrected chi connectivity index (χ0v) is 21.8. The number of aromatic amines is 1. The number of hydrogen-bond acceptors (Lipinski definition) is 5. The van der Waals surface area contributed by atoms with Crippen LogP contribution in [0.3, 0.4) is 0 Å². The van der Waals surface area contributed by atoms with Gasteiger partial charge in [0, 0.05) is 40.5 Å². The first-order valence-electron chi connectivity index (χ1n) is 12.4. The van der Waals surface area contributed by atoms with Crippen LogP contribution < -0.4 is 9.46 Å². The number of ether oxygens (including phenoxy) is 1. The van der Waals surface area contributed by atoms with Crippen molar-refractivity contribution in [3.05, 3.63) is 59.8 Å². The fourth-order valence-corrected chi connectivity index (χ4v) is 4.58. The number of unbranched alkanes of at least 4 members (excludes halogenated alkanes) is 2. The Morgan fingerprint density at radius 2 is 1.63 bits per heavy atom. The van der Waals surface area contributed by atoms with Gasteiger partial charge in [-0.15, -0.1) is 0 Å². The van der Waals surface area contributed by atoms with E-state index in [1.807, 2.05) is 12.1 Å². The summed E-state index contributed by atoms with van der Waals surface area (Å²) in [7, 11) is -3.40. The van der Waals surface area contributed by atoms with E-state index in [0.29, 0.717) is 28.8 Å². The average Bonchev–Trinajstić information content (AvgIpc) is 3.25. The molecule has 0 atom stereocenters. The number of H-pyrrole nitrogens is 1. The smallest absolute Gasteiger partial charge is 0.229 e. The minimum atomic E-state index is -3.40. The second-order valence-corrected chi connectivity index (χ2v) is 10.7. The summed E-state index contributed by atoms with van der Waals surface area (Å²) in [6.45, 7) is 8.41. The molecule has 0 aliphatic rings. The Hall–Kier alpha value is -2.84. The van der Waals surface area contributed by atoms with Crippen molar-refractivity contribution in [2.45, 2.75) is 46.0 Å². The molecular formula is C27H37N3O4S. The Balaban J connectivity index is 1.59. The predicted molar refractivity (Wildman–Crippen MR) is 143 cm³/mol. The summed E-state index contributed by atoms with van der Waals surface area (Å²) >= 11 is 0. The fraction of sp³-hybridized carbons (Fsp3) is 0.444. The lowest BCUT2D eigenvalue weighted by molar-refractivity contribution is 0.104. The number of ketones is 1. The third-order valence-electron chi connectivity index (χ3n) is 5.89. The molecule has 7 nitrogen and oxygen atoms in total. The standard InChI is InChI=1S/C27H37N3O4S/c1-4-6-15-30(16-7-5-2)17-8-18-34-23-12-9-21(10-13-23)27(31)25-20-28-26-14-11-22(19-24(25)26)29-35(3,32)33/h9-14,19-20,28-29H,4-8,15-18H2,1-3H3. The Morgan fingerprint density at radius 3 is 2.26 bits per heavy atom. The number of carbonyl (C=O) groups excluding carboxylic acids is 1. The van der Waals surface area contributed by atoms with Crippen molar-refractivity contribution in [3.8, 4) is 5.75 Å². The van der Waals surface area contributed by atoms with Crippen molar-refractivity contribution in [2.24, 2.45) is 0 Å². The molecule has 190 valence electrons. The van der Waals surface area contributed by atoms with Gasteiger partial charge in [-0.1, -0.05) is 26.7 Å². The molecule has 0 aliphatic heterocycles.